The summed E-state index contributed by atoms with van der Waals surface area (Å²) in [5, 5.41) is 14.9. The number of pyridine rings is 1. The number of aliphatic hydroxyl groups excluding tert-OH is 1. The summed E-state index contributed by atoms with van der Waals surface area (Å²) in [4.78, 5) is 7.34. The Bertz CT molecular complexity index is 1240. The average molecular weight is 438 g/mol. The number of sulfone groups is 1. The number of benzene rings is 2. The number of nitrogens with one attached hydrogen (secondary N) is 1. The van der Waals surface area contributed by atoms with Gasteiger partial charge in [-0.05, 0) is 49.9 Å². The Morgan fingerprint density at radius 2 is 1.97 bits per heavy atom. The van der Waals surface area contributed by atoms with Crippen molar-refractivity contribution in [2.24, 2.45) is 0 Å². The second-order valence-electron chi connectivity index (χ2n) is 8.65. The summed E-state index contributed by atoms with van der Waals surface area (Å²) in [7, 11) is -3.32. The van der Waals surface area contributed by atoms with Crippen molar-refractivity contribution in [1.29, 1.82) is 0 Å². The van der Waals surface area contributed by atoms with E-state index >= 15 is 0 Å². The van der Waals surface area contributed by atoms with Crippen LogP contribution in [0.4, 0.5) is 11.5 Å². The van der Waals surface area contributed by atoms with Crippen LogP contribution in [0.3, 0.4) is 0 Å². The quantitative estimate of drug-likeness (QED) is 0.651. The molecule has 2 N–H and O–H groups in total. The number of aliphatic hydroxyl groups is 1. The monoisotopic (exact) mass is 437 g/mol. The molecule has 2 aromatic carbocycles. The van der Waals surface area contributed by atoms with Crippen molar-refractivity contribution in [3.05, 3.63) is 59.7 Å². The van der Waals surface area contributed by atoms with Crippen LogP contribution in [0.1, 0.15) is 30.4 Å². The van der Waals surface area contributed by atoms with Crippen LogP contribution in [0.2, 0.25) is 0 Å². The number of hydrogen-bond donors (Lipinski definition) is 2. The molecule has 0 radical (unpaired) electrons. The predicted molar refractivity (Wildman–Crippen MR) is 123 cm³/mol. The molecule has 7 heteroatoms. The summed E-state index contributed by atoms with van der Waals surface area (Å²) in [5.41, 5.74) is 3.74. The van der Waals surface area contributed by atoms with E-state index in [1.165, 1.54) is 0 Å². The second-order valence-corrected chi connectivity index (χ2v) is 10.7. The van der Waals surface area contributed by atoms with Crippen molar-refractivity contribution in [1.82, 2.24) is 4.98 Å². The van der Waals surface area contributed by atoms with Gasteiger partial charge >= 0.3 is 0 Å². The minimum Gasteiger partial charge on any atom is -0.391 e. The highest BCUT2D eigenvalue weighted by molar-refractivity contribution is 7.91. The number of rotatable bonds is 3. The standard InChI is InChI=1S/C24H27N3O3S/c1-16-9-10-19-18(13-16)21(25-20-6-4-7-22(20)28)14-24(26-19)27-11-12-31(29,30)23-8-3-2-5-17(23)15-27/h2-3,5,8-10,13-14,20,22,28H,4,6-7,11-12,15H2,1H3,(H,25,26). The fraction of sp³-hybridized carbons (Fsp3) is 0.375. The van der Waals surface area contributed by atoms with Crippen LogP contribution in [0.25, 0.3) is 10.9 Å². The molecule has 2 aliphatic rings. The summed E-state index contributed by atoms with van der Waals surface area (Å²) < 4.78 is 25.5. The summed E-state index contributed by atoms with van der Waals surface area (Å²) in [5.74, 6) is 0.806. The number of aryl methyl sites for hydroxylation is 1. The van der Waals surface area contributed by atoms with Gasteiger partial charge in [-0.1, -0.05) is 29.8 Å². The zero-order valence-corrected chi connectivity index (χ0v) is 18.4. The molecule has 0 spiro atoms. The number of nitrogens with zero attached hydrogens (tertiary/aromatic N) is 2. The van der Waals surface area contributed by atoms with E-state index in [9.17, 15) is 13.5 Å². The van der Waals surface area contributed by atoms with Gasteiger partial charge in [0.25, 0.3) is 0 Å². The van der Waals surface area contributed by atoms with Crippen molar-refractivity contribution < 1.29 is 13.5 Å². The number of aromatic nitrogens is 1. The third-order valence-corrected chi connectivity index (χ3v) is 8.18. The van der Waals surface area contributed by atoms with Gasteiger partial charge in [0, 0.05) is 30.2 Å². The fourth-order valence-corrected chi connectivity index (χ4v) is 6.17. The molecule has 5 rings (SSSR count). The molecule has 6 nitrogen and oxygen atoms in total. The van der Waals surface area contributed by atoms with Crippen LogP contribution < -0.4 is 10.2 Å². The third kappa shape index (κ3) is 3.88. The van der Waals surface area contributed by atoms with Crippen molar-refractivity contribution in [2.75, 3.05) is 22.5 Å². The van der Waals surface area contributed by atoms with Gasteiger partial charge < -0.3 is 15.3 Å². The van der Waals surface area contributed by atoms with E-state index in [0.29, 0.717) is 18.0 Å². The summed E-state index contributed by atoms with van der Waals surface area (Å²) >= 11 is 0. The molecule has 2 heterocycles. The highest BCUT2D eigenvalue weighted by Crippen LogP contribution is 2.33. The van der Waals surface area contributed by atoms with E-state index in [4.69, 9.17) is 4.98 Å². The minimum absolute atomic E-state index is 0.0178. The van der Waals surface area contributed by atoms with E-state index in [1.54, 1.807) is 12.1 Å². The van der Waals surface area contributed by atoms with Gasteiger partial charge in [0.2, 0.25) is 0 Å². The van der Waals surface area contributed by atoms with Crippen molar-refractivity contribution in [2.45, 2.75) is 49.8 Å². The maximum absolute atomic E-state index is 12.8. The molecular formula is C24H27N3O3S. The lowest BCUT2D eigenvalue weighted by Gasteiger charge is -2.25. The molecule has 162 valence electrons. The van der Waals surface area contributed by atoms with Gasteiger partial charge in [0.15, 0.2) is 9.84 Å². The predicted octanol–water partition coefficient (Wildman–Crippen LogP) is 3.66. The maximum Gasteiger partial charge on any atom is 0.180 e. The molecular weight excluding hydrogens is 410 g/mol. The molecule has 31 heavy (non-hydrogen) atoms. The van der Waals surface area contributed by atoms with Gasteiger partial charge in [-0.25, -0.2) is 13.4 Å². The summed E-state index contributed by atoms with van der Waals surface area (Å²) in [6.45, 7) is 2.93. The SMILES string of the molecule is Cc1ccc2nc(N3CCS(=O)(=O)c4ccccc4C3)cc(NC3CCCC3O)c2c1. The van der Waals surface area contributed by atoms with Crippen LogP contribution in [0.15, 0.2) is 53.4 Å². The zero-order chi connectivity index (χ0) is 21.6. The molecule has 0 saturated heterocycles. The highest BCUT2D eigenvalue weighted by Gasteiger charge is 2.28. The van der Waals surface area contributed by atoms with Crippen molar-refractivity contribution in [3.8, 4) is 0 Å². The normalized spacial score (nSPS) is 22.8. The van der Waals surface area contributed by atoms with Crippen molar-refractivity contribution in [3.63, 3.8) is 0 Å². The highest BCUT2D eigenvalue weighted by atomic mass is 32.2. The van der Waals surface area contributed by atoms with E-state index < -0.39 is 9.84 Å². The van der Waals surface area contributed by atoms with Crippen LogP contribution in [-0.2, 0) is 16.4 Å². The van der Waals surface area contributed by atoms with Gasteiger partial charge in [-0.3, -0.25) is 0 Å². The Morgan fingerprint density at radius 3 is 2.77 bits per heavy atom. The lowest BCUT2D eigenvalue weighted by atomic mass is 10.1. The molecule has 1 aliphatic heterocycles. The molecule has 1 saturated carbocycles. The molecule has 1 aromatic heterocycles. The zero-order valence-electron chi connectivity index (χ0n) is 17.6. The topological polar surface area (TPSA) is 82.5 Å². The van der Waals surface area contributed by atoms with Crippen LogP contribution >= 0.6 is 0 Å². The summed E-state index contributed by atoms with van der Waals surface area (Å²) in [6.07, 6.45) is 2.40. The third-order valence-electron chi connectivity index (χ3n) is 6.39. The first kappa shape index (κ1) is 20.3. The lowest BCUT2D eigenvalue weighted by molar-refractivity contribution is 0.172. The van der Waals surface area contributed by atoms with Gasteiger partial charge in [0.1, 0.15) is 5.82 Å². The Hall–Kier alpha value is -2.64. The van der Waals surface area contributed by atoms with E-state index in [0.717, 1.165) is 52.8 Å². The van der Waals surface area contributed by atoms with Crippen molar-refractivity contribution >= 4 is 32.2 Å². The minimum atomic E-state index is -3.32. The first-order valence-electron chi connectivity index (χ1n) is 10.8. The Balaban J connectivity index is 1.58. The van der Waals surface area contributed by atoms with Gasteiger partial charge in [-0.15, -0.1) is 0 Å². The second kappa shape index (κ2) is 7.80. The fourth-order valence-electron chi connectivity index (χ4n) is 4.67. The van der Waals surface area contributed by atoms with Gasteiger partial charge in [-0.2, -0.15) is 0 Å². The van der Waals surface area contributed by atoms with E-state index in [1.807, 2.05) is 35.2 Å². The number of anilines is 2. The molecule has 0 amide bonds. The molecule has 0 bridgehead atoms. The molecule has 1 aliphatic carbocycles. The molecule has 2 unspecified atom stereocenters. The molecule has 1 fully saturated rings. The molecule has 3 aromatic rings. The Labute approximate surface area is 182 Å². The Kier molecular flexibility index (Phi) is 5.10. The van der Waals surface area contributed by atoms with Gasteiger partial charge in [0.05, 0.1) is 28.3 Å². The van der Waals surface area contributed by atoms with E-state index in [2.05, 4.69) is 18.3 Å². The Morgan fingerprint density at radius 1 is 1.13 bits per heavy atom. The largest absolute Gasteiger partial charge is 0.391 e. The summed E-state index contributed by atoms with van der Waals surface area (Å²) in [6, 6.07) is 15.4. The smallest absolute Gasteiger partial charge is 0.180 e. The first-order chi connectivity index (χ1) is 14.9. The lowest BCUT2D eigenvalue weighted by Crippen LogP contribution is -2.29. The van der Waals surface area contributed by atoms with E-state index in [-0.39, 0.29) is 17.9 Å². The number of hydrogen-bond acceptors (Lipinski definition) is 6. The average Bonchev–Trinajstić information content (AvgIpc) is 3.09. The number of fused-ring (bicyclic) bond motifs is 2. The molecule has 2 atom stereocenters. The van der Waals surface area contributed by atoms with Crippen LogP contribution in [0, 0.1) is 6.92 Å². The first-order valence-corrected chi connectivity index (χ1v) is 12.5. The van der Waals surface area contributed by atoms with Crippen LogP contribution in [0.5, 0.6) is 0 Å². The van der Waals surface area contributed by atoms with Crippen LogP contribution in [-0.4, -0.2) is 43.0 Å². The maximum atomic E-state index is 12.8.